The lowest BCUT2D eigenvalue weighted by molar-refractivity contribution is 0.753. The molecule has 1 atom stereocenters. The molecule has 0 aliphatic carbocycles. The van der Waals surface area contributed by atoms with Gasteiger partial charge in [0.15, 0.2) is 0 Å². The van der Waals surface area contributed by atoms with Gasteiger partial charge in [0.1, 0.15) is 5.84 Å². The van der Waals surface area contributed by atoms with Gasteiger partial charge in [0.2, 0.25) is 0 Å². The molecule has 2 aliphatic rings. The number of hydrogen-bond acceptors (Lipinski definition) is 3. The van der Waals surface area contributed by atoms with Gasteiger partial charge < -0.3 is 19.4 Å². The summed E-state index contributed by atoms with van der Waals surface area (Å²) in [5.74, 6) is 0.863. The molecular formula is C64H43N5. The molecule has 2 aromatic heterocycles. The molecule has 4 heterocycles. The average molecular weight is 882 g/mol. The van der Waals surface area contributed by atoms with Crippen molar-refractivity contribution in [1.82, 2.24) is 14.5 Å². The van der Waals surface area contributed by atoms with Crippen LogP contribution >= 0.6 is 0 Å². The largest absolute Gasteiger partial charge is 0.357 e. The van der Waals surface area contributed by atoms with Crippen LogP contribution in [0.4, 0.5) is 11.4 Å². The van der Waals surface area contributed by atoms with Crippen molar-refractivity contribution in [3.05, 3.63) is 271 Å². The van der Waals surface area contributed by atoms with Gasteiger partial charge in [-0.05, 0) is 113 Å². The second kappa shape index (κ2) is 15.7. The van der Waals surface area contributed by atoms with E-state index >= 15 is 0 Å². The Morgan fingerprint density at radius 2 is 0.754 bits per heavy atom. The normalized spacial score (nSPS) is 14.3. The van der Waals surface area contributed by atoms with E-state index in [0.29, 0.717) is 0 Å². The molecule has 0 saturated heterocycles. The Labute approximate surface area is 399 Å². The number of anilines is 2. The van der Waals surface area contributed by atoms with Crippen molar-refractivity contribution >= 4 is 66.5 Å². The minimum Gasteiger partial charge on any atom is -0.357 e. The van der Waals surface area contributed by atoms with Gasteiger partial charge in [0.25, 0.3) is 0 Å². The lowest BCUT2D eigenvalue weighted by Gasteiger charge is -2.30. The van der Waals surface area contributed by atoms with Crippen LogP contribution in [0.25, 0.3) is 82.9 Å². The number of rotatable bonds is 7. The Balaban J connectivity index is 0.939. The highest BCUT2D eigenvalue weighted by Gasteiger charge is 2.40. The molecule has 14 rings (SSSR count). The summed E-state index contributed by atoms with van der Waals surface area (Å²) >= 11 is 0. The number of aromatic nitrogens is 2. The van der Waals surface area contributed by atoms with E-state index in [4.69, 9.17) is 4.99 Å². The van der Waals surface area contributed by atoms with Crippen LogP contribution in [0.2, 0.25) is 0 Å². The fourth-order valence-electron chi connectivity index (χ4n) is 11.0. The Morgan fingerprint density at radius 3 is 1.30 bits per heavy atom. The summed E-state index contributed by atoms with van der Waals surface area (Å²) in [6.45, 7) is 0. The minimum absolute atomic E-state index is 0.145. The number of amidine groups is 1. The standard InChI is InChI=1S/C64H43N5/c1-6-18-42(19-7-1)61-63-62(66-64(65-61)43-20-8-2-9-21-43)55-41-47(33-37-60(55)69(63)50-26-14-5-15-27-50)46-32-36-59-54(40-46)53-39-45(31-35-58(53)68(59)49-24-12-4-13-25-49)44-30-34-57-52(38-44)51-28-16-17-29-56(51)67(57)48-22-10-3-11-23-48/h1-41,62H,(H,65,66). The summed E-state index contributed by atoms with van der Waals surface area (Å²) in [4.78, 5) is 7.81. The Kier molecular flexibility index (Phi) is 8.89. The number of fused-ring (bicyclic) bond motifs is 9. The lowest BCUT2D eigenvalue weighted by atomic mass is 9.95. The smallest absolute Gasteiger partial charge is 0.134 e. The predicted molar refractivity (Wildman–Crippen MR) is 287 cm³/mol. The molecule has 0 amide bonds. The Morgan fingerprint density at radius 1 is 0.333 bits per heavy atom. The quantitative estimate of drug-likeness (QED) is 0.173. The van der Waals surface area contributed by atoms with Crippen LogP contribution in [-0.4, -0.2) is 15.0 Å². The van der Waals surface area contributed by atoms with Gasteiger partial charge in [0, 0.05) is 55.3 Å². The number of aliphatic imine (C=N–C) groups is 1. The first-order valence-corrected chi connectivity index (χ1v) is 23.7. The van der Waals surface area contributed by atoms with Crippen molar-refractivity contribution in [3.8, 4) is 33.6 Å². The summed E-state index contributed by atoms with van der Waals surface area (Å²) < 4.78 is 4.79. The van der Waals surface area contributed by atoms with Gasteiger partial charge in [-0.25, -0.2) is 4.99 Å². The molecule has 2 aliphatic heterocycles. The van der Waals surface area contributed by atoms with E-state index < -0.39 is 0 Å². The highest BCUT2D eigenvalue weighted by atomic mass is 15.3. The van der Waals surface area contributed by atoms with Crippen LogP contribution in [0.1, 0.15) is 22.7 Å². The maximum Gasteiger partial charge on any atom is 0.134 e. The molecule has 10 aromatic carbocycles. The van der Waals surface area contributed by atoms with Gasteiger partial charge in [-0.1, -0.05) is 158 Å². The molecule has 1 N–H and O–H groups in total. The van der Waals surface area contributed by atoms with Gasteiger partial charge in [-0.3, -0.25) is 0 Å². The molecule has 1 unspecified atom stereocenters. The summed E-state index contributed by atoms with van der Waals surface area (Å²) in [5, 5.41) is 8.85. The highest BCUT2D eigenvalue weighted by Crippen LogP contribution is 2.52. The molecular weight excluding hydrogens is 839 g/mol. The third-order valence-corrected chi connectivity index (χ3v) is 14.1. The van der Waals surface area contributed by atoms with Gasteiger partial charge in [0.05, 0.1) is 45.2 Å². The van der Waals surface area contributed by atoms with Crippen molar-refractivity contribution in [2.45, 2.75) is 6.04 Å². The first-order chi connectivity index (χ1) is 34.2. The maximum absolute atomic E-state index is 5.41. The van der Waals surface area contributed by atoms with Crippen molar-refractivity contribution < 1.29 is 0 Å². The average Bonchev–Trinajstić information content (AvgIpc) is 4.06. The summed E-state index contributed by atoms with van der Waals surface area (Å²) in [6, 6.07) is 89.8. The van der Waals surface area contributed by atoms with Crippen LogP contribution in [-0.2, 0) is 0 Å². The number of para-hydroxylation sites is 4. The SMILES string of the molecule is c1ccc(C2=NC(c3ccccc3)=C3C(N2)c2cc(-c4ccc5c(c4)c4cc(-c6ccc7c(c6)c6ccccc6n7-c6ccccc6)ccc4n5-c4ccccc4)ccc2N3c2ccccc2)cc1. The van der Waals surface area contributed by atoms with Crippen LogP contribution in [0.15, 0.2) is 259 Å². The minimum atomic E-state index is -0.145. The van der Waals surface area contributed by atoms with Crippen molar-refractivity contribution in [2.24, 2.45) is 4.99 Å². The lowest BCUT2D eigenvalue weighted by Crippen LogP contribution is -2.34. The van der Waals surface area contributed by atoms with Crippen molar-refractivity contribution in [2.75, 3.05) is 4.90 Å². The number of nitrogens with one attached hydrogen (secondary N) is 1. The van der Waals surface area contributed by atoms with E-state index in [1.807, 2.05) is 0 Å². The monoisotopic (exact) mass is 881 g/mol. The molecule has 0 fully saturated rings. The fraction of sp³-hybridized carbons (Fsp3) is 0.0156. The van der Waals surface area contributed by atoms with E-state index in [1.54, 1.807) is 0 Å². The summed E-state index contributed by atoms with van der Waals surface area (Å²) in [6.07, 6.45) is 0. The summed E-state index contributed by atoms with van der Waals surface area (Å²) in [7, 11) is 0. The van der Waals surface area contributed by atoms with E-state index in [2.05, 4.69) is 268 Å². The van der Waals surface area contributed by atoms with Crippen LogP contribution in [0.3, 0.4) is 0 Å². The number of hydrogen-bond donors (Lipinski definition) is 1. The summed E-state index contributed by atoms with van der Waals surface area (Å²) in [5.41, 5.74) is 19.4. The zero-order valence-corrected chi connectivity index (χ0v) is 37.5. The second-order valence-corrected chi connectivity index (χ2v) is 18.0. The molecule has 0 spiro atoms. The van der Waals surface area contributed by atoms with Crippen molar-refractivity contribution in [3.63, 3.8) is 0 Å². The van der Waals surface area contributed by atoms with Crippen LogP contribution in [0.5, 0.6) is 0 Å². The number of benzene rings is 10. The first-order valence-electron chi connectivity index (χ1n) is 23.7. The van der Waals surface area contributed by atoms with Gasteiger partial charge in [-0.2, -0.15) is 0 Å². The molecule has 5 heteroatoms. The van der Waals surface area contributed by atoms with Crippen molar-refractivity contribution in [1.29, 1.82) is 0 Å². The zero-order valence-electron chi connectivity index (χ0n) is 37.5. The molecule has 12 aromatic rings. The number of nitrogens with zero attached hydrogens (tertiary/aromatic N) is 4. The van der Waals surface area contributed by atoms with Gasteiger partial charge in [-0.15, -0.1) is 0 Å². The van der Waals surface area contributed by atoms with E-state index in [9.17, 15) is 0 Å². The first kappa shape index (κ1) is 39.0. The molecule has 69 heavy (non-hydrogen) atoms. The van der Waals surface area contributed by atoms with Crippen LogP contribution < -0.4 is 10.2 Å². The maximum atomic E-state index is 5.41. The van der Waals surface area contributed by atoms with E-state index in [1.165, 1.54) is 60.3 Å². The second-order valence-electron chi connectivity index (χ2n) is 18.0. The van der Waals surface area contributed by atoms with E-state index in [0.717, 1.165) is 62.2 Å². The Bertz CT molecular complexity index is 4020. The zero-order chi connectivity index (χ0) is 45.4. The van der Waals surface area contributed by atoms with Gasteiger partial charge >= 0.3 is 0 Å². The fourth-order valence-corrected chi connectivity index (χ4v) is 11.0. The van der Waals surface area contributed by atoms with E-state index in [-0.39, 0.29) is 6.04 Å². The molecule has 0 saturated carbocycles. The third kappa shape index (κ3) is 6.28. The molecule has 5 nitrogen and oxygen atoms in total. The molecule has 0 radical (unpaired) electrons. The highest BCUT2D eigenvalue weighted by molar-refractivity contribution is 6.14. The van der Waals surface area contributed by atoms with Crippen LogP contribution in [0, 0.1) is 0 Å². The predicted octanol–water partition coefficient (Wildman–Crippen LogP) is 15.8. The topological polar surface area (TPSA) is 37.5 Å². The third-order valence-electron chi connectivity index (χ3n) is 14.1. The molecule has 324 valence electrons. The molecule has 0 bridgehead atoms. The Hall–Kier alpha value is -9.19.